The van der Waals surface area contributed by atoms with E-state index in [1.54, 1.807) is 0 Å². The lowest BCUT2D eigenvalue weighted by Gasteiger charge is -1.91. The molecule has 0 saturated carbocycles. The standard InChI is InChI=1S/CCl4.N/c2-1(3,4)5;. The Morgan fingerprint density at radius 1 is 0.833 bits per heavy atom. The summed E-state index contributed by atoms with van der Waals surface area (Å²) >= 11 is 19.3. The Labute approximate surface area is 56.1 Å². The fourth-order valence-electron chi connectivity index (χ4n) is 0. The molecule has 0 N–H and O–H groups in total. The van der Waals surface area contributed by atoms with Crippen LogP contribution in [0.1, 0.15) is 0 Å². The van der Waals surface area contributed by atoms with Crippen molar-refractivity contribution >= 4 is 46.4 Å². The quantitative estimate of drug-likeness (QED) is 0.495. The number of rotatable bonds is 0. The summed E-state index contributed by atoms with van der Waals surface area (Å²) in [5, 5.41) is 0. The summed E-state index contributed by atoms with van der Waals surface area (Å²) in [6, 6.07) is 0. The third kappa shape index (κ3) is 69.3. The van der Waals surface area contributed by atoms with Gasteiger partial charge in [-0.2, -0.15) is 0 Å². The molecule has 0 atom stereocenters. The molecule has 0 aliphatic rings. The van der Waals surface area contributed by atoms with Gasteiger partial charge in [0.2, 0.25) is 0 Å². The van der Waals surface area contributed by atoms with E-state index in [4.69, 9.17) is 46.4 Å². The van der Waals surface area contributed by atoms with Crippen molar-refractivity contribution in [3.8, 4) is 0 Å². The van der Waals surface area contributed by atoms with E-state index >= 15 is 0 Å². The highest BCUT2D eigenvalue weighted by molar-refractivity contribution is 6.83. The van der Waals surface area contributed by atoms with Crippen LogP contribution in [0.4, 0.5) is 0 Å². The van der Waals surface area contributed by atoms with E-state index in [9.17, 15) is 0 Å². The van der Waals surface area contributed by atoms with Gasteiger partial charge in [0.05, 0.1) is 0 Å². The number of nitrogens with zero attached hydrogens (tertiary/aromatic N) is 1. The van der Waals surface area contributed by atoms with Crippen molar-refractivity contribution in [3.05, 3.63) is 0 Å². The van der Waals surface area contributed by atoms with Gasteiger partial charge in [0.15, 0.2) is 0 Å². The van der Waals surface area contributed by atoms with Crippen molar-refractivity contribution in [1.29, 1.82) is 0 Å². The molecule has 0 heterocycles. The van der Waals surface area contributed by atoms with Crippen LogP contribution in [0.5, 0.6) is 0 Å². The SMILES string of the molecule is ClC(Cl)(Cl)Cl.[N]. The van der Waals surface area contributed by atoms with Gasteiger partial charge in [-0.1, -0.05) is 46.4 Å². The molecule has 0 aromatic carbocycles. The molecule has 3 radical (unpaired) electrons. The molecule has 0 fully saturated rings. The van der Waals surface area contributed by atoms with Crippen molar-refractivity contribution in [2.45, 2.75) is 3.25 Å². The van der Waals surface area contributed by atoms with Gasteiger partial charge >= 0.3 is 0 Å². The minimum absolute atomic E-state index is 0. The van der Waals surface area contributed by atoms with Crippen LogP contribution >= 0.6 is 46.4 Å². The molecule has 6 heavy (non-hydrogen) atoms. The van der Waals surface area contributed by atoms with Crippen molar-refractivity contribution in [2.75, 3.05) is 0 Å². The Balaban J connectivity index is 0. The largest absolute Gasteiger partial charge is 0.266 e. The molecule has 5 heteroatoms. The Morgan fingerprint density at radius 3 is 0.833 bits per heavy atom. The average molecular weight is 168 g/mol. The third-order valence-electron chi connectivity index (χ3n) is 0. The second-order valence-corrected chi connectivity index (χ2v) is 3.86. The van der Waals surface area contributed by atoms with Crippen molar-refractivity contribution in [2.24, 2.45) is 0 Å². The highest BCUT2D eigenvalue weighted by Crippen LogP contribution is 2.29. The fourth-order valence-corrected chi connectivity index (χ4v) is 0. The van der Waals surface area contributed by atoms with Gasteiger partial charge in [0.1, 0.15) is 0 Å². The summed E-state index contributed by atoms with van der Waals surface area (Å²) in [6.45, 7) is 0. The topological polar surface area (TPSA) is 30.5 Å². The summed E-state index contributed by atoms with van der Waals surface area (Å²) in [5.41, 5.74) is 0. The van der Waals surface area contributed by atoms with E-state index in [0.29, 0.717) is 0 Å². The van der Waals surface area contributed by atoms with Crippen LogP contribution in [0.15, 0.2) is 0 Å². The number of hydrogen-bond donors (Lipinski definition) is 0. The van der Waals surface area contributed by atoms with Gasteiger partial charge in [-0.15, -0.1) is 0 Å². The Bertz CT molecular complexity index is 23.0. The van der Waals surface area contributed by atoms with Gasteiger partial charge < -0.3 is 0 Å². The first kappa shape index (κ1) is 10.2. The smallest absolute Gasteiger partial charge is 0.0664 e. The van der Waals surface area contributed by atoms with E-state index < -0.39 is 3.25 Å². The number of alkyl halides is 4. The predicted octanol–water partition coefficient (Wildman–Crippen LogP) is 2.07. The van der Waals surface area contributed by atoms with Crippen LogP contribution < -0.4 is 6.15 Å². The highest BCUT2D eigenvalue weighted by atomic mass is 35.6. The molecule has 0 aromatic heterocycles. The Kier molecular flexibility index (Phi) is 5.37. The second-order valence-electron chi connectivity index (χ2n) is 0.429. The Hall–Kier alpha value is 1.12. The lowest BCUT2D eigenvalue weighted by Crippen LogP contribution is -1.81. The van der Waals surface area contributed by atoms with E-state index in [2.05, 4.69) is 0 Å². The van der Waals surface area contributed by atoms with Crippen LogP contribution in [-0.2, 0) is 0 Å². The summed E-state index contributed by atoms with van der Waals surface area (Å²) in [4.78, 5) is 0. The van der Waals surface area contributed by atoms with Gasteiger partial charge in [-0.3, -0.25) is 0 Å². The van der Waals surface area contributed by atoms with Gasteiger partial charge in [0.25, 0.3) is 3.25 Å². The first-order chi connectivity index (χ1) is 2.00. The van der Waals surface area contributed by atoms with Crippen molar-refractivity contribution < 1.29 is 0 Å². The normalized spacial score (nSPS) is 10.0. The lowest BCUT2D eigenvalue weighted by atomic mass is 11.8. The molecule has 0 aromatic rings. The minimum Gasteiger partial charge on any atom is -0.0664 e. The molecule has 0 spiro atoms. The lowest BCUT2D eigenvalue weighted by molar-refractivity contribution is 1.76. The van der Waals surface area contributed by atoms with Crippen LogP contribution in [0.3, 0.4) is 0 Å². The van der Waals surface area contributed by atoms with Gasteiger partial charge in [-0.25, -0.2) is 0 Å². The summed E-state index contributed by atoms with van der Waals surface area (Å²) in [5.74, 6) is 0. The van der Waals surface area contributed by atoms with Crippen LogP contribution in [0.2, 0.25) is 0 Å². The number of halogens is 4. The maximum Gasteiger partial charge on any atom is 0.266 e. The van der Waals surface area contributed by atoms with E-state index in [0.717, 1.165) is 0 Å². The van der Waals surface area contributed by atoms with E-state index in [1.165, 1.54) is 0 Å². The zero-order chi connectivity index (χ0) is 4.50. The molecule has 37 valence electrons. The van der Waals surface area contributed by atoms with Crippen LogP contribution in [-0.4, -0.2) is 3.25 Å². The molecule has 0 aliphatic carbocycles. The van der Waals surface area contributed by atoms with Crippen LogP contribution in [0.25, 0.3) is 0 Å². The second kappa shape index (κ2) is 3.16. The van der Waals surface area contributed by atoms with Gasteiger partial charge in [-0.05, 0) is 0 Å². The maximum atomic E-state index is 4.83. The molecule has 0 amide bonds. The molecule has 0 aliphatic heterocycles. The van der Waals surface area contributed by atoms with Crippen molar-refractivity contribution in [3.63, 3.8) is 0 Å². The average Bonchev–Trinajstić information content (AvgIpc) is 0.722. The third-order valence-corrected chi connectivity index (χ3v) is 0. The molecule has 1 nitrogen and oxygen atoms in total. The monoisotopic (exact) mass is 166 g/mol. The zero-order valence-electron chi connectivity index (χ0n) is 2.46. The minimum atomic E-state index is -1.61. The first-order valence-electron chi connectivity index (χ1n) is 0.756. The first-order valence-corrected chi connectivity index (χ1v) is 2.27. The van der Waals surface area contributed by atoms with Gasteiger partial charge in [0, 0.05) is 6.15 Å². The summed E-state index contributed by atoms with van der Waals surface area (Å²) in [6.07, 6.45) is 0. The highest BCUT2D eigenvalue weighted by Gasteiger charge is 2.11. The molecule has 0 rings (SSSR count). The van der Waals surface area contributed by atoms with Crippen molar-refractivity contribution in [1.82, 2.24) is 6.15 Å². The molecular formula is CCl4N. The predicted molar refractivity (Wildman–Crippen MR) is 28.3 cm³/mol. The van der Waals surface area contributed by atoms with Crippen LogP contribution in [0, 0.1) is 0 Å². The maximum absolute atomic E-state index is 4.83. The zero-order valence-corrected chi connectivity index (χ0v) is 5.48. The molecule has 0 unspecified atom stereocenters. The summed E-state index contributed by atoms with van der Waals surface area (Å²) in [7, 11) is 0. The van der Waals surface area contributed by atoms with E-state index in [1.807, 2.05) is 0 Å². The van der Waals surface area contributed by atoms with E-state index in [-0.39, 0.29) is 6.15 Å². The summed E-state index contributed by atoms with van der Waals surface area (Å²) < 4.78 is -1.61. The molecular weight excluding hydrogens is 168 g/mol. The Morgan fingerprint density at radius 2 is 0.833 bits per heavy atom. The fraction of sp³-hybridized carbons (Fsp3) is 1.00. The molecule has 0 saturated heterocycles. The number of hydrogen-bond acceptors (Lipinski definition) is 0. The molecule has 0 bridgehead atoms.